The van der Waals surface area contributed by atoms with Crippen molar-refractivity contribution in [2.75, 3.05) is 38.2 Å². The first kappa shape index (κ1) is 27.8. The van der Waals surface area contributed by atoms with Gasteiger partial charge < -0.3 is 34.2 Å². The van der Waals surface area contributed by atoms with E-state index < -0.39 is 12.0 Å². The number of carbonyl (C=O) groups excluding carboxylic acids is 2. The average molecular weight is 573 g/mol. The largest absolute Gasteiger partial charge is 0.495 e. The minimum atomic E-state index is -0.465. The third-order valence-corrected chi connectivity index (χ3v) is 6.94. The predicted molar refractivity (Wildman–Crippen MR) is 157 cm³/mol. The smallest absolute Gasteiger partial charge is 0.338 e. The summed E-state index contributed by atoms with van der Waals surface area (Å²) in [6.07, 6.45) is 1.72. The quantitative estimate of drug-likeness (QED) is 0.212. The molecule has 41 heavy (non-hydrogen) atoms. The number of ether oxygens (including phenoxy) is 3. The molecule has 1 aliphatic heterocycles. The zero-order valence-electron chi connectivity index (χ0n) is 22.6. The molecule has 0 bridgehead atoms. The summed E-state index contributed by atoms with van der Waals surface area (Å²) in [6, 6.07) is 21.0. The van der Waals surface area contributed by atoms with Crippen molar-refractivity contribution in [3.05, 3.63) is 96.0 Å². The molecular formula is C30H28N4O6S. The highest BCUT2D eigenvalue weighted by molar-refractivity contribution is 7.80. The van der Waals surface area contributed by atoms with E-state index in [9.17, 15) is 9.59 Å². The number of esters is 1. The van der Waals surface area contributed by atoms with Crippen molar-refractivity contribution in [2.24, 2.45) is 0 Å². The lowest BCUT2D eigenvalue weighted by Crippen LogP contribution is -2.29. The fourth-order valence-corrected chi connectivity index (χ4v) is 5.17. The van der Waals surface area contributed by atoms with Crippen LogP contribution in [0.2, 0.25) is 0 Å². The van der Waals surface area contributed by atoms with E-state index >= 15 is 0 Å². The highest BCUT2D eigenvalue weighted by atomic mass is 32.1. The van der Waals surface area contributed by atoms with E-state index in [1.54, 1.807) is 36.5 Å². The molecule has 0 saturated carbocycles. The van der Waals surface area contributed by atoms with Gasteiger partial charge in [-0.05, 0) is 60.7 Å². The van der Waals surface area contributed by atoms with Crippen LogP contribution in [0.5, 0.6) is 5.75 Å². The van der Waals surface area contributed by atoms with Gasteiger partial charge in [0, 0.05) is 24.6 Å². The van der Waals surface area contributed by atoms with E-state index in [0.29, 0.717) is 44.9 Å². The zero-order valence-corrected chi connectivity index (χ0v) is 23.4. The lowest BCUT2D eigenvalue weighted by atomic mass is 10.0. The van der Waals surface area contributed by atoms with E-state index in [-0.39, 0.29) is 18.6 Å². The third kappa shape index (κ3) is 5.63. The van der Waals surface area contributed by atoms with Crippen molar-refractivity contribution in [3.8, 4) is 17.1 Å². The molecule has 11 heteroatoms. The van der Waals surface area contributed by atoms with Crippen molar-refractivity contribution in [1.29, 1.82) is 0 Å². The van der Waals surface area contributed by atoms with Gasteiger partial charge in [0.1, 0.15) is 29.9 Å². The first-order valence-electron chi connectivity index (χ1n) is 12.7. The summed E-state index contributed by atoms with van der Waals surface area (Å²) in [5.74, 6) is 0.780. The summed E-state index contributed by atoms with van der Waals surface area (Å²) in [5, 5.41) is 6.66. The Bertz CT molecular complexity index is 1570. The number of hydrogen-bond donors (Lipinski definition) is 2. The fraction of sp³-hybridized carbons (Fsp3) is 0.200. The van der Waals surface area contributed by atoms with Crippen LogP contribution < -0.4 is 20.3 Å². The summed E-state index contributed by atoms with van der Waals surface area (Å²) >= 11 is 5.83. The van der Waals surface area contributed by atoms with Crippen LogP contribution in [-0.2, 0) is 14.3 Å². The highest BCUT2D eigenvalue weighted by Gasteiger charge is 2.43. The third-order valence-electron chi connectivity index (χ3n) is 6.62. The van der Waals surface area contributed by atoms with Crippen LogP contribution in [0.4, 0.5) is 11.4 Å². The summed E-state index contributed by atoms with van der Waals surface area (Å²) < 4.78 is 21.8. The Balaban J connectivity index is 1.59. The minimum Gasteiger partial charge on any atom is -0.495 e. The molecule has 2 N–H and O–H groups in total. The van der Waals surface area contributed by atoms with Crippen LogP contribution >= 0.6 is 12.2 Å². The van der Waals surface area contributed by atoms with Crippen molar-refractivity contribution >= 4 is 40.6 Å². The maximum absolute atomic E-state index is 12.4. The van der Waals surface area contributed by atoms with Crippen molar-refractivity contribution < 1.29 is 28.2 Å². The maximum atomic E-state index is 12.4. The number of nitrogens with zero attached hydrogens (tertiary/aromatic N) is 2. The molecule has 1 amide bonds. The van der Waals surface area contributed by atoms with E-state index in [4.69, 9.17) is 30.8 Å². The number of pyridine rings is 1. The average Bonchev–Trinajstić information content (AvgIpc) is 3.62. The Hall–Kier alpha value is -4.74. The molecule has 3 heterocycles. The Kier molecular flexibility index (Phi) is 8.27. The number of carbonyl (C=O) groups is 2. The van der Waals surface area contributed by atoms with Crippen LogP contribution in [0.3, 0.4) is 0 Å². The Morgan fingerprint density at radius 1 is 1.05 bits per heavy atom. The molecule has 0 unspecified atom stereocenters. The molecule has 2 atom stereocenters. The molecule has 210 valence electrons. The van der Waals surface area contributed by atoms with Gasteiger partial charge in [-0.15, -0.1) is 0 Å². The second-order valence-electron chi connectivity index (χ2n) is 9.10. The summed E-state index contributed by atoms with van der Waals surface area (Å²) in [7, 11) is 4.32. The van der Waals surface area contributed by atoms with E-state index in [1.807, 2.05) is 47.4 Å². The van der Waals surface area contributed by atoms with Gasteiger partial charge in [0.2, 0.25) is 5.91 Å². The van der Waals surface area contributed by atoms with Crippen molar-refractivity contribution in [3.63, 3.8) is 0 Å². The Labute approximate surface area is 242 Å². The monoisotopic (exact) mass is 572 g/mol. The molecule has 10 nitrogen and oxygen atoms in total. The van der Waals surface area contributed by atoms with Crippen LogP contribution in [0.1, 0.15) is 33.9 Å². The van der Waals surface area contributed by atoms with Crippen LogP contribution in [0.25, 0.3) is 11.3 Å². The molecule has 0 spiro atoms. The number of hydrogen-bond acceptors (Lipinski definition) is 8. The van der Waals surface area contributed by atoms with Crippen molar-refractivity contribution in [1.82, 2.24) is 10.3 Å². The summed E-state index contributed by atoms with van der Waals surface area (Å²) in [6.45, 7) is -0.107. The molecular weight excluding hydrogens is 544 g/mol. The van der Waals surface area contributed by atoms with Crippen LogP contribution in [-0.4, -0.2) is 49.9 Å². The minimum absolute atomic E-state index is 0.107. The number of nitrogens with one attached hydrogen (secondary N) is 2. The molecule has 5 rings (SSSR count). The molecule has 4 aromatic rings. The normalized spacial score (nSPS) is 16.3. The molecule has 2 aromatic heterocycles. The fourth-order valence-electron chi connectivity index (χ4n) is 4.83. The van der Waals surface area contributed by atoms with Gasteiger partial charge >= 0.3 is 5.97 Å². The second kappa shape index (κ2) is 12.2. The lowest BCUT2D eigenvalue weighted by molar-refractivity contribution is -0.119. The molecule has 0 radical (unpaired) electrons. The standard InChI is InChI=1S/C30H28N4O6S/c1-37-17-26(35)32-22-16-18(11-12-24(22)38-2)34-28(27(33-30(34)41)21-10-6-7-15-31-21)25-14-13-23(40-25)19-8-4-5-9-20(19)29(36)39-3/h4-16,27-28H,17H2,1-3H3,(H,32,35)(H,33,41)/t27-,28+/m1/s1. The molecule has 1 aliphatic rings. The number of aromatic nitrogens is 1. The molecule has 1 fully saturated rings. The van der Waals surface area contributed by atoms with Crippen LogP contribution in [0, 0.1) is 0 Å². The zero-order chi connectivity index (χ0) is 28.9. The van der Waals surface area contributed by atoms with Crippen LogP contribution in [0.15, 0.2) is 83.4 Å². The topological polar surface area (TPSA) is 115 Å². The van der Waals surface area contributed by atoms with Gasteiger partial charge in [-0.2, -0.15) is 0 Å². The van der Waals surface area contributed by atoms with Gasteiger partial charge in [0.15, 0.2) is 5.11 Å². The van der Waals surface area contributed by atoms with E-state index in [1.165, 1.54) is 21.3 Å². The highest BCUT2D eigenvalue weighted by Crippen LogP contribution is 2.44. The van der Waals surface area contributed by atoms with Gasteiger partial charge in [-0.3, -0.25) is 9.78 Å². The lowest BCUT2D eigenvalue weighted by Gasteiger charge is -2.27. The second-order valence-corrected chi connectivity index (χ2v) is 9.49. The summed E-state index contributed by atoms with van der Waals surface area (Å²) in [4.78, 5) is 31.3. The number of thiocarbonyl (C=S) groups is 1. The van der Waals surface area contributed by atoms with Crippen molar-refractivity contribution in [2.45, 2.75) is 12.1 Å². The molecule has 2 aromatic carbocycles. The molecule has 1 saturated heterocycles. The van der Waals surface area contributed by atoms with Gasteiger partial charge in [-0.1, -0.05) is 24.3 Å². The predicted octanol–water partition coefficient (Wildman–Crippen LogP) is 4.90. The SMILES string of the molecule is COCC(=O)Nc1cc(N2C(=S)N[C@H](c3ccccn3)[C@@H]2c2ccc(-c3ccccc3C(=O)OC)o2)ccc1OC. The first-order valence-corrected chi connectivity index (χ1v) is 13.1. The van der Waals surface area contributed by atoms with E-state index in [0.717, 1.165) is 5.69 Å². The number of anilines is 2. The number of benzene rings is 2. The van der Waals surface area contributed by atoms with Gasteiger partial charge in [0.25, 0.3) is 0 Å². The molecule has 0 aliphatic carbocycles. The summed E-state index contributed by atoms with van der Waals surface area (Å²) in [5.41, 5.74) is 2.90. The number of amides is 1. The number of methoxy groups -OCH3 is 3. The van der Waals surface area contributed by atoms with Gasteiger partial charge in [-0.25, -0.2) is 4.79 Å². The van der Waals surface area contributed by atoms with E-state index in [2.05, 4.69) is 15.6 Å². The Morgan fingerprint density at radius 3 is 2.59 bits per heavy atom. The number of furan rings is 1. The Morgan fingerprint density at radius 2 is 1.85 bits per heavy atom. The van der Waals surface area contributed by atoms with Gasteiger partial charge in [0.05, 0.1) is 37.2 Å². The maximum Gasteiger partial charge on any atom is 0.338 e. The first-order chi connectivity index (χ1) is 19.9. The number of rotatable bonds is 9.